The molecular weight excluding hydrogens is 302 g/mol. The molecule has 1 fully saturated rings. The molecule has 3 heterocycles. The topological polar surface area (TPSA) is 63.9 Å². The molecule has 2 aromatic heterocycles. The lowest BCUT2D eigenvalue weighted by Gasteiger charge is -2.23. The van der Waals surface area contributed by atoms with E-state index in [0.717, 1.165) is 30.6 Å². The number of carbonyl (C=O) groups excluding carboxylic acids is 1. The summed E-state index contributed by atoms with van der Waals surface area (Å²) in [6.45, 7) is 0.740. The van der Waals surface area contributed by atoms with Gasteiger partial charge in [-0.2, -0.15) is 0 Å². The molecule has 120 valence electrons. The molecule has 1 atom stereocenters. The number of benzene rings is 1. The summed E-state index contributed by atoms with van der Waals surface area (Å²) < 4.78 is 1.63. The molecule has 1 aliphatic heterocycles. The summed E-state index contributed by atoms with van der Waals surface area (Å²) in [5.74, 6) is -0.0727. The second-order valence-electron chi connectivity index (χ2n) is 5.82. The van der Waals surface area contributed by atoms with E-state index < -0.39 is 0 Å². The third kappa shape index (κ3) is 2.67. The third-order valence-electron chi connectivity index (χ3n) is 4.34. The highest BCUT2D eigenvalue weighted by Gasteiger charge is 2.31. The molecule has 1 unspecified atom stereocenters. The van der Waals surface area contributed by atoms with Crippen LogP contribution in [0.5, 0.6) is 0 Å². The van der Waals surface area contributed by atoms with E-state index in [2.05, 4.69) is 15.3 Å². The van der Waals surface area contributed by atoms with Crippen LogP contribution in [0.25, 0.3) is 5.69 Å². The first kappa shape index (κ1) is 14.6. The Morgan fingerprint density at radius 3 is 2.67 bits per heavy atom. The predicted molar refractivity (Wildman–Crippen MR) is 88.6 cm³/mol. The molecule has 6 nitrogen and oxygen atoms in total. The average Bonchev–Trinajstić information content (AvgIpc) is 3.32. The van der Waals surface area contributed by atoms with Gasteiger partial charge in [0.25, 0.3) is 5.91 Å². The van der Waals surface area contributed by atoms with E-state index in [-0.39, 0.29) is 11.9 Å². The molecule has 0 saturated carbocycles. The van der Waals surface area contributed by atoms with Crippen LogP contribution in [0.3, 0.4) is 0 Å². The Bertz CT molecular complexity index is 831. The standard InChI is InChI=1S/C18H17N5O/c24-18(16-13-23(21-20-16)15-5-2-1-3-6-15)22-12-4-7-17(22)14-8-10-19-11-9-14/h1-3,5-6,8-11,13,17H,4,7,12H2. The minimum atomic E-state index is -0.0727. The molecule has 1 aromatic carbocycles. The SMILES string of the molecule is O=C(c1cn(-c2ccccc2)nn1)N1CCCC1c1ccncc1. The van der Waals surface area contributed by atoms with Gasteiger partial charge in [0.2, 0.25) is 0 Å². The van der Waals surface area contributed by atoms with Gasteiger partial charge in [-0.25, -0.2) is 4.68 Å². The number of hydrogen-bond donors (Lipinski definition) is 0. The van der Waals surface area contributed by atoms with Crippen molar-refractivity contribution in [3.63, 3.8) is 0 Å². The van der Waals surface area contributed by atoms with Crippen LogP contribution in [-0.4, -0.2) is 37.3 Å². The van der Waals surface area contributed by atoms with Gasteiger partial charge in [-0.1, -0.05) is 23.4 Å². The highest BCUT2D eigenvalue weighted by atomic mass is 16.2. The van der Waals surface area contributed by atoms with Gasteiger partial charge in [0.05, 0.1) is 17.9 Å². The maximum atomic E-state index is 12.9. The van der Waals surface area contributed by atoms with Crippen LogP contribution < -0.4 is 0 Å². The maximum absolute atomic E-state index is 12.9. The quantitative estimate of drug-likeness (QED) is 0.744. The molecule has 0 aliphatic carbocycles. The summed E-state index contributed by atoms with van der Waals surface area (Å²) in [7, 11) is 0. The summed E-state index contributed by atoms with van der Waals surface area (Å²) in [6, 6.07) is 13.7. The van der Waals surface area contributed by atoms with Crippen LogP contribution in [-0.2, 0) is 0 Å². The number of nitrogens with zero attached hydrogens (tertiary/aromatic N) is 5. The van der Waals surface area contributed by atoms with Crippen LogP contribution in [0, 0.1) is 0 Å². The van der Waals surface area contributed by atoms with Crippen molar-refractivity contribution in [3.8, 4) is 5.69 Å². The largest absolute Gasteiger partial charge is 0.330 e. The van der Waals surface area contributed by atoms with E-state index in [1.165, 1.54) is 0 Å². The molecule has 4 rings (SSSR count). The number of amides is 1. The Morgan fingerprint density at radius 2 is 1.88 bits per heavy atom. The fourth-order valence-electron chi connectivity index (χ4n) is 3.16. The fourth-order valence-corrected chi connectivity index (χ4v) is 3.16. The Labute approximate surface area is 139 Å². The van der Waals surface area contributed by atoms with Crippen molar-refractivity contribution < 1.29 is 4.79 Å². The van der Waals surface area contributed by atoms with E-state index in [4.69, 9.17) is 0 Å². The van der Waals surface area contributed by atoms with Crippen LogP contribution in [0.2, 0.25) is 0 Å². The van der Waals surface area contributed by atoms with Gasteiger partial charge in [-0.3, -0.25) is 9.78 Å². The van der Waals surface area contributed by atoms with Gasteiger partial charge >= 0.3 is 0 Å². The lowest BCUT2D eigenvalue weighted by Crippen LogP contribution is -2.30. The number of rotatable bonds is 3. The van der Waals surface area contributed by atoms with Crippen molar-refractivity contribution in [2.75, 3.05) is 6.54 Å². The van der Waals surface area contributed by atoms with Crippen molar-refractivity contribution in [1.29, 1.82) is 0 Å². The first-order valence-electron chi connectivity index (χ1n) is 8.01. The van der Waals surface area contributed by atoms with Crippen LogP contribution in [0.4, 0.5) is 0 Å². The molecule has 0 N–H and O–H groups in total. The number of pyridine rings is 1. The Kier molecular flexibility index (Phi) is 3.78. The molecule has 24 heavy (non-hydrogen) atoms. The summed E-state index contributed by atoms with van der Waals surface area (Å²) in [4.78, 5) is 18.8. The molecule has 0 bridgehead atoms. The number of aromatic nitrogens is 4. The lowest BCUT2D eigenvalue weighted by molar-refractivity contribution is 0.0729. The second-order valence-corrected chi connectivity index (χ2v) is 5.82. The van der Waals surface area contributed by atoms with Crippen LogP contribution in [0.15, 0.2) is 61.1 Å². The number of hydrogen-bond acceptors (Lipinski definition) is 4. The van der Waals surface area contributed by atoms with E-state index in [1.54, 1.807) is 23.3 Å². The maximum Gasteiger partial charge on any atom is 0.276 e. The lowest BCUT2D eigenvalue weighted by atomic mass is 10.1. The van der Waals surface area contributed by atoms with Gasteiger partial charge < -0.3 is 4.90 Å². The average molecular weight is 319 g/mol. The van der Waals surface area contributed by atoms with E-state index in [9.17, 15) is 4.79 Å². The molecule has 1 saturated heterocycles. The molecule has 3 aromatic rings. The first-order chi connectivity index (χ1) is 11.8. The highest BCUT2D eigenvalue weighted by Crippen LogP contribution is 2.32. The number of likely N-dealkylation sites (tertiary alicyclic amines) is 1. The summed E-state index contributed by atoms with van der Waals surface area (Å²) in [6.07, 6.45) is 7.18. The Morgan fingerprint density at radius 1 is 1.08 bits per heavy atom. The normalized spacial score (nSPS) is 17.2. The Balaban J connectivity index is 1.58. The second kappa shape index (κ2) is 6.23. The van der Waals surface area contributed by atoms with Crippen LogP contribution >= 0.6 is 0 Å². The number of para-hydroxylation sites is 1. The fraction of sp³-hybridized carbons (Fsp3) is 0.222. The smallest absolute Gasteiger partial charge is 0.276 e. The summed E-state index contributed by atoms with van der Waals surface area (Å²) >= 11 is 0. The molecular formula is C18H17N5O. The zero-order chi connectivity index (χ0) is 16.4. The van der Waals surface area contributed by atoms with Crippen molar-refractivity contribution in [2.24, 2.45) is 0 Å². The third-order valence-corrected chi connectivity index (χ3v) is 4.34. The zero-order valence-electron chi connectivity index (χ0n) is 13.1. The van der Waals surface area contributed by atoms with Crippen molar-refractivity contribution in [1.82, 2.24) is 24.9 Å². The van der Waals surface area contributed by atoms with Crippen LogP contribution in [0.1, 0.15) is 34.9 Å². The molecule has 0 radical (unpaired) electrons. The van der Waals surface area contributed by atoms with Gasteiger partial charge in [0, 0.05) is 18.9 Å². The monoisotopic (exact) mass is 319 g/mol. The highest BCUT2D eigenvalue weighted by molar-refractivity contribution is 5.92. The minimum Gasteiger partial charge on any atom is -0.330 e. The van der Waals surface area contributed by atoms with Crippen molar-refractivity contribution in [2.45, 2.75) is 18.9 Å². The summed E-state index contributed by atoms with van der Waals surface area (Å²) in [5, 5.41) is 8.16. The van der Waals surface area contributed by atoms with Gasteiger partial charge in [0.1, 0.15) is 0 Å². The van der Waals surface area contributed by atoms with E-state index in [1.807, 2.05) is 47.4 Å². The molecule has 1 amide bonds. The predicted octanol–water partition coefficient (Wildman–Crippen LogP) is 2.64. The van der Waals surface area contributed by atoms with Gasteiger partial charge in [0.15, 0.2) is 5.69 Å². The first-order valence-corrected chi connectivity index (χ1v) is 8.01. The van der Waals surface area contributed by atoms with Crippen molar-refractivity contribution in [3.05, 3.63) is 72.3 Å². The minimum absolute atomic E-state index is 0.0727. The number of carbonyl (C=O) groups is 1. The molecule has 1 aliphatic rings. The van der Waals surface area contributed by atoms with E-state index in [0.29, 0.717) is 5.69 Å². The van der Waals surface area contributed by atoms with Crippen molar-refractivity contribution >= 4 is 5.91 Å². The Hall–Kier alpha value is -3.02. The summed E-state index contributed by atoms with van der Waals surface area (Å²) in [5.41, 5.74) is 2.38. The van der Waals surface area contributed by atoms with E-state index >= 15 is 0 Å². The zero-order valence-corrected chi connectivity index (χ0v) is 13.1. The molecule has 0 spiro atoms. The molecule has 6 heteroatoms. The van der Waals surface area contributed by atoms with Gasteiger partial charge in [-0.05, 0) is 42.7 Å². The van der Waals surface area contributed by atoms with Gasteiger partial charge in [-0.15, -0.1) is 5.10 Å².